The minimum atomic E-state index is 0.118. The molecule has 0 saturated carbocycles. The van der Waals surface area contributed by atoms with Gasteiger partial charge in [0.2, 0.25) is 0 Å². The van der Waals surface area contributed by atoms with Crippen molar-refractivity contribution < 1.29 is 0 Å². The third-order valence-corrected chi connectivity index (χ3v) is 2.70. The molecular formula is C9H15N3. The molecule has 0 atom stereocenters. The van der Waals surface area contributed by atoms with Crippen LogP contribution in [0.4, 0.5) is 0 Å². The second kappa shape index (κ2) is 2.59. The Balaban J connectivity index is 2.26. The highest BCUT2D eigenvalue weighted by Gasteiger charge is 2.33. The summed E-state index contributed by atoms with van der Waals surface area (Å²) in [6.07, 6.45) is 4.36. The van der Waals surface area contributed by atoms with Crippen LogP contribution in [0.15, 0.2) is 16.8 Å². The molecule has 0 spiro atoms. The lowest BCUT2D eigenvalue weighted by molar-refractivity contribution is 0.502. The smallest absolute Gasteiger partial charge is 0.125 e. The standard InChI is InChI=1S/C9H15N3/c1-9(2)7-4-3-5-11-12-8(9)10-6-7/h6,11H,3-5H2,1-2H3,(H,10,12). The molecule has 12 heavy (non-hydrogen) atoms. The van der Waals surface area contributed by atoms with Crippen molar-refractivity contribution in [2.75, 3.05) is 6.54 Å². The van der Waals surface area contributed by atoms with E-state index in [2.05, 4.69) is 29.7 Å². The van der Waals surface area contributed by atoms with Crippen LogP contribution >= 0.6 is 0 Å². The zero-order valence-corrected chi connectivity index (χ0v) is 7.65. The van der Waals surface area contributed by atoms with Crippen LogP contribution in [-0.4, -0.2) is 12.4 Å². The number of hydrogen-bond donors (Lipinski definition) is 2. The third kappa shape index (κ3) is 1.05. The number of rotatable bonds is 0. The summed E-state index contributed by atoms with van der Waals surface area (Å²) < 4.78 is 0. The first-order chi connectivity index (χ1) is 5.71. The molecule has 1 fully saturated rings. The van der Waals surface area contributed by atoms with E-state index in [9.17, 15) is 0 Å². The third-order valence-electron chi connectivity index (χ3n) is 2.70. The molecule has 0 amide bonds. The molecule has 2 bridgehead atoms. The van der Waals surface area contributed by atoms with E-state index < -0.39 is 0 Å². The van der Waals surface area contributed by atoms with Crippen LogP contribution in [0.5, 0.6) is 0 Å². The van der Waals surface area contributed by atoms with E-state index in [0.29, 0.717) is 0 Å². The van der Waals surface area contributed by atoms with E-state index in [1.54, 1.807) is 0 Å². The van der Waals surface area contributed by atoms with Gasteiger partial charge in [-0.05, 0) is 32.3 Å². The molecule has 0 unspecified atom stereocenters. The van der Waals surface area contributed by atoms with Crippen molar-refractivity contribution in [1.29, 1.82) is 0 Å². The van der Waals surface area contributed by atoms with Crippen molar-refractivity contribution in [3.05, 3.63) is 11.8 Å². The van der Waals surface area contributed by atoms with Gasteiger partial charge in [0.05, 0.1) is 0 Å². The minimum Gasteiger partial charge on any atom is -0.309 e. The highest BCUT2D eigenvalue weighted by Crippen LogP contribution is 2.35. The van der Waals surface area contributed by atoms with Gasteiger partial charge < -0.3 is 5.43 Å². The van der Waals surface area contributed by atoms with Gasteiger partial charge in [0.1, 0.15) is 5.84 Å². The molecule has 2 heterocycles. The van der Waals surface area contributed by atoms with Crippen LogP contribution in [0.2, 0.25) is 0 Å². The van der Waals surface area contributed by atoms with Crippen molar-refractivity contribution in [1.82, 2.24) is 10.9 Å². The molecule has 2 aliphatic rings. The van der Waals surface area contributed by atoms with Crippen molar-refractivity contribution >= 4 is 5.84 Å². The van der Waals surface area contributed by atoms with Gasteiger partial charge in [-0.25, -0.2) is 10.4 Å². The fourth-order valence-electron chi connectivity index (χ4n) is 1.70. The van der Waals surface area contributed by atoms with E-state index in [-0.39, 0.29) is 5.41 Å². The molecule has 0 aliphatic carbocycles. The van der Waals surface area contributed by atoms with Gasteiger partial charge in [-0.15, -0.1) is 0 Å². The van der Waals surface area contributed by atoms with E-state index in [0.717, 1.165) is 18.8 Å². The summed E-state index contributed by atoms with van der Waals surface area (Å²) in [5.41, 5.74) is 7.88. The summed E-state index contributed by atoms with van der Waals surface area (Å²) in [6, 6.07) is 0. The molecule has 0 radical (unpaired) electrons. The highest BCUT2D eigenvalue weighted by molar-refractivity contribution is 5.92. The van der Waals surface area contributed by atoms with Crippen molar-refractivity contribution in [2.45, 2.75) is 26.7 Å². The summed E-state index contributed by atoms with van der Waals surface area (Å²) in [4.78, 5) is 4.35. The van der Waals surface area contributed by atoms with Gasteiger partial charge in [0.25, 0.3) is 0 Å². The Bertz CT molecular complexity index is 226. The molecule has 2 aliphatic heterocycles. The minimum absolute atomic E-state index is 0.118. The number of hydrazine groups is 1. The fourth-order valence-corrected chi connectivity index (χ4v) is 1.70. The topological polar surface area (TPSA) is 36.4 Å². The van der Waals surface area contributed by atoms with Gasteiger partial charge in [-0.2, -0.15) is 0 Å². The first kappa shape index (κ1) is 7.80. The summed E-state index contributed by atoms with van der Waals surface area (Å²) in [5.74, 6) is 1.05. The molecule has 1 saturated heterocycles. The maximum atomic E-state index is 4.35. The second-order valence-corrected chi connectivity index (χ2v) is 3.91. The Kier molecular flexibility index (Phi) is 1.68. The molecular weight excluding hydrogens is 150 g/mol. The van der Waals surface area contributed by atoms with E-state index in [4.69, 9.17) is 0 Å². The van der Waals surface area contributed by atoms with Crippen molar-refractivity contribution in [3.8, 4) is 0 Å². The predicted molar refractivity (Wildman–Crippen MR) is 49.7 cm³/mol. The summed E-state index contributed by atoms with van der Waals surface area (Å²) in [5, 5.41) is 0. The lowest BCUT2D eigenvalue weighted by Crippen LogP contribution is -2.46. The van der Waals surface area contributed by atoms with E-state index >= 15 is 0 Å². The average molecular weight is 165 g/mol. The Hall–Kier alpha value is -0.830. The van der Waals surface area contributed by atoms with Crippen LogP contribution in [0.1, 0.15) is 26.7 Å². The normalized spacial score (nSPS) is 26.5. The zero-order chi connectivity index (χ0) is 8.60. The largest absolute Gasteiger partial charge is 0.309 e. The fraction of sp³-hybridized carbons (Fsp3) is 0.667. The number of hydrogen-bond acceptors (Lipinski definition) is 3. The molecule has 66 valence electrons. The van der Waals surface area contributed by atoms with Gasteiger partial charge in [-0.3, -0.25) is 0 Å². The second-order valence-electron chi connectivity index (χ2n) is 3.91. The van der Waals surface area contributed by atoms with Crippen molar-refractivity contribution in [3.63, 3.8) is 0 Å². The van der Waals surface area contributed by atoms with E-state index in [1.807, 2.05) is 6.20 Å². The van der Waals surface area contributed by atoms with Gasteiger partial charge in [0, 0.05) is 18.2 Å². The number of aliphatic imine (C=N–C) groups is 1. The number of nitrogens with zero attached hydrogens (tertiary/aromatic N) is 1. The Morgan fingerprint density at radius 2 is 2.33 bits per heavy atom. The molecule has 0 aromatic rings. The quantitative estimate of drug-likeness (QED) is 0.566. The van der Waals surface area contributed by atoms with Crippen molar-refractivity contribution in [2.24, 2.45) is 10.4 Å². The van der Waals surface area contributed by atoms with Gasteiger partial charge in [0.15, 0.2) is 0 Å². The van der Waals surface area contributed by atoms with E-state index in [1.165, 1.54) is 12.0 Å². The molecule has 3 heteroatoms. The highest BCUT2D eigenvalue weighted by atomic mass is 15.4. The average Bonchev–Trinajstić information content (AvgIpc) is 2.35. The number of fused-ring (bicyclic) bond motifs is 2. The van der Waals surface area contributed by atoms with Crippen LogP contribution in [0.25, 0.3) is 0 Å². The molecule has 2 rings (SSSR count). The first-order valence-electron chi connectivity index (χ1n) is 4.48. The predicted octanol–water partition coefficient (Wildman–Crippen LogP) is 1.20. The summed E-state index contributed by atoms with van der Waals surface area (Å²) in [7, 11) is 0. The zero-order valence-electron chi connectivity index (χ0n) is 7.65. The summed E-state index contributed by atoms with van der Waals surface area (Å²) >= 11 is 0. The SMILES string of the molecule is CC1(C)C2=CN=C1NNCCC2. The summed E-state index contributed by atoms with van der Waals surface area (Å²) in [6.45, 7) is 5.45. The Morgan fingerprint density at radius 3 is 3.17 bits per heavy atom. The number of nitrogens with one attached hydrogen (secondary N) is 2. The lowest BCUT2D eigenvalue weighted by atomic mass is 9.82. The molecule has 2 N–H and O–H groups in total. The monoisotopic (exact) mass is 165 g/mol. The lowest BCUT2D eigenvalue weighted by Gasteiger charge is -2.28. The number of amidine groups is 1. The van der Waals surface area contributed by atoms with Crippen LogP contribution < -0.4 is 10.9 Å². The molecule has 3 nitrogen and oxygen atoms in total. The van der Waals surface area contributed by atoms with Crippen LogP contribution in [-0.2, 0) is 0 Å². The molecule has 0 aromatic heterocycles. The first-order valence-corrected chi connectivity index (χ1v) is 4.48. The maximum Gasteiger partial charge on any atom is 0.125 e. The molecule has 0 aromatic carbocycles. The van der Waals surface area contributed by atoms with Gasteiger partial charge >= 0.3 is 0 Å². The Morgan fingerprint density at radius 1 is 1.50 bits per heavy atom. The van der Waals surface area contributed by atoms with Gasteiger partial charge in [-0.1, -0.05) is 0 Å². The van der Waals surface area contributed by atoms with Crippen LogP contribution in [0, 0.1) is 5.41 Å². The van der Waals surface area contributed by atoms with Crippen LogP contribution in [0.3, 0.4) is 0 Å². The maximum absolute atomic E-state index is 4.35. The Labute approximate surface area is 72.9 Å².